The van der Waals surface area contributed by atoms with Crippen LogP contribution < -0.4 is 20.3 Å². The number of methoxy groups -OCH3 is 1. The predicted molar refractivity (Wildman–Crippen MR) is 132 cm³/mol. The van der Waals surface area contributed by atoms with Crippen LogP contribution in [0.4, 0.5) is 25.1 Å². The van der Waals surface area contributed by atoms with Gasteiger partial charge < -0.3 is 29.5 Å². The van der Waals surface area contributed by atoms with E-state index < -0.39 is 35.0 Å². The molecule has 3 aromatic rings. The van der Waals surface area contributed by atoms with Crippen LogP contribution in [0.25, 0.3) is 0 Å². The Bertz CT molecular complexity index is 1250. The van der Waals surface area contributed by atoms with E-state index in [4.69, 9.17) is 19.7 Å². The molecule has 0 radical (unpaired) electrons. The standard InChI is InChI=1S/C25H30F3N7O3/c1-3-22-32-24(38-33-22)34-6-4-25(36-2,5-7-34)14-37-15-10-30-23(31-11-15)35-12-17(21(29)13-35)16-8-19(27)20(28)9-18(16)26/h8-11,17,21H,3-7,12-14,29H2,1-2H3/t17-,21?/m1/s1. The topological polar surface area (TPSA) is 116 Å². The Morgan fingerprint density at radius 3 is 2.42 bits per heavy atom. The Kier molecular flexibility index (Phi) is 7.39. The molecule has 13 heteroatoms. The summed E-state index contributed by atoms with van der Waals surface area (Å²) in [5.41, 5.74) is 5.77. The molecule has 10 nitrogen and oxygen atoms in total. The van der Waals surface area contributed by atoms with Gasteiger partial charge in [0.2, 0.25) is 5.95 Å². The minimum absolute atomic E-state index is 0.0414. The summed E-state index contributed by atoms with van der Waals surface area (Å²) >= 11 is 0. The number of aromatic nitrogens is 4. The fraction of sp³-hybridized carbons (Fsp3) is 0.520. The van der Waals surface area contributed by atoms with Gasteiger partial charge >= 0.3 is 6.01 Å². The highest BCUT2D eigenvalue weighted by Crippen LogP contribution is 2.32. The summed E-state index contributed by atoms with van der Waals surface area (Å²) in [6.45, 7) is 4.28. The molecule has 0 spiro atoms. The predicted octanol–water partition coefficient (Wildman–Crippen LogP) is 2.83. The highest BCUT2D eigenvalue weighted by molar-refractivity contribution is 5.39. The van der Waals surface area contributed by atoms with Crippen molar-refractivity contribution in [2.75, 3.05) is 49.7 Å². The van der Waals surface area contributed by atoms with Crippen LogP contribution in [-0.2, 0) is 11.2 Å². The lowest BCUT2D eigenvalue weighted by Gasteiger charge is -2.39. The summed E-state index contributed by atoms with van der Waals surface area (Å²) in [4.78, 5) is 17.0. The van der Waals surface area contributed by atoms with Crippen LogP contribution in [0.1, 0.15) is 37.1 Å². The second kappa shape index (κ2) is 10.7. The van der Waals surface area contributed by atoms with Gasteiger partial charge in [0, 0.05) is 57.7 Å². The van der Waals surface area contributed by atoms with Gasteiger partial charge in [-0.25, -0.2) is 23.1 Å². The number of hydrogen-bond acceptors (Lipinski definition) is 10. The number of benzene rings is 1. The number of anilines is 2. The highest BCUT2D eigenvalue weighted by atomic mass is 19.2. The number of aryl methyl sites for hydroxylation is 1. The molecule has 204 valence electrons. The molecule has 4 heterocycles. The van der Waals surface area contributed by atoms with Crippen LogP contribution in [-0.4, -0.2) is 71.6 Å². The Labute approximate surface area is 217 Å². The molecular formula is C25H30F3N7O3. The second-order valence-corrected chi connectivity index (χ2v) is 9.69. The molecule has 2 atom stereocenters. The number of nitrogens with two attached hydrogens (primary N) is 1. The molecule has 0 bridgehead atoms. The van der Waals surface area contributed by atoms with Gasteiger partial charge in [-0.3, -0.25) is 0 Å². The molecule has 2 aliphatic rings. The van der Waals surface area contributed by atoms with Crippen molar-refractivity contribution in [3.8, 4) is 5.75 Å². The van der Waals surface area contributed by atoms with Gasteiger partial charge in [0.15, 0.2) is 23.2 Å². The van der Waals surface area contributed by atoms with Crippen LogP contribution in [0.2, 0.25) is 0 Å². The second-order valence-electron chi connectivity index (χ2n) is 9.69. The Morgan fingerprint density at radius 2 is 1.76 bits per heavy atom. The normalized spacial score (nSPS) is 21.2. The largest absolute Gasteiger partial charge is 0.487 e. The van der Waals surface area contributed by atoms with Crippen molar-refractivity contribution in [2.45, 2.75) is 43.7 Å². The average molecular weight is 534 g/mol. The summed E-state index contributed by atoms with van der Waals surface area (Å²) in [5, 5.41) is 3.96. The average Bonchev–Trinajstić information content (AvgIpc) is 3.57. The van der Waals surface area contributed by atoms with E-state index in [9.17, 15) is 13.2 Å². The molecule has 5 rings (SSSR count). The van der Waals surface area contributed by atoms with Gasteiger partial charge in [0.05, 0.1) is 12.4 Å². The molecule has 0 aliphatic carbocycles. The van der Waals surface area contributed by atoms with E-state index in [-0.39, 0.29) is 12.1 Å². The Hall–Kier alpha value is -3.45. The van der Waals surface area contributed by atoms with Crippen LogP contribution in [0.5, 0.6) is 5.75 Å². The number of nitrogens with zero attached hydrogens (tertiary/aromatic N) is 6. The molecule has 0 amide bonds. The number of hydrogen-bond donors (Lipinski definition) is 1. The molecule has 2 fully saturated rings. The van der Waals surface area contributed by atoms with Crippen molar-refractivity contribution in [3.05, 3.63) is 53.4 Å². The first-order valence-corrected chi connectivity index (χ1v) is 12.5. The van der Waals surface area contributed by atoms with E-state index in [1.54, 1.807) is 24.4 Å². The number of rotatable bonds is 8. The van der Waals surface area contributed by atoms with E-state index in [2.05, 4.69) is 20.1 Å². The van der Waals surface area contributed by atoms with Crippen LogP contribution in [0.15, 0.2) is 29.0 Å². The third kappa shape index (κ3) is 5.25. The minimum Gasteiger partial charge on any atom is -0.487 e. The maximum atomic E-state index is 14.3. The summed E-state index contributed by atoms with van der Waals surface area (Å²) in [6, 6.07) is 1.44. The molecule has 1 unspecified atom stereocenters. The Morgan fingerprint density at radius 1 is 1.05 bits per heavy atom. The highest BCUT2D eigenvalue weighted by Gasteiger charge is 2.38. The van der Waals surface area contributed by atoms with Gasteiger partial charge in [-0.1, -0.05) is 12.1 Å². The summed E-state index contributed by atoms with van der Waals surface area (Å²) in [7, 11) is 1.67. The first kappa shape index (κ1) is 26.2. The van der Waals surface area contributed by atoms with Crippen molar-refractivity contribution < 1.29 is 27.2 Å². The fourth-order valence-corrected chi connectivity index (χ4v) is 4.94. The molecule has 1 aromatic carbocycles. The molecular weight excluding hydrogens is 503 g/mol. The van der Waals surface area contributed by atoms with Gasteiger partial charge in [0.1, 0.15) is 18.0 Å². The van der Waals surface area contributed by atoms with Crippen molar-refractivity contribution >= 4 is 12.0 Å². The third-order valence-electron chi connectivity index (χ3n) is 7.36. The minimum atomic E-state index is -1.23. The van der Waals surface area contributed by atoms with Crippen molar-refractivity contribution in [3.63, 3.8) is 0 Å². The van der Waals surface area contributed by atoms with Gasteiger partial charge in [0.25, 0.3) is 0 Å². The summed E-state index contributed by atoms with van der Waals surface area (Å²) in [6.07, 6.45) is 5.25. The van der Waals surface area contributed by atoms with Crippen LogP contribution >= 0.6 is 0 Å². The first-order valence-electron chi connectivity index (χ1n) is 12.5. The number of ether oxygens (including phenoxy) is 2. The third-order valence-corrected chi connectivity index (χ3v) is 7.36. The zero-order valence-corrected chi connectivity index (χ0v) is 21.2. The molecule has 38 heavy (non-hydrogen) atoms. The summed E-state index contributed by atoms with van der Waals surface area (Å²) in [5.74, 6) is -2.15. The number of piperidine rings is 1. The van der Waals surface area contributed by atoms with E-state index in [1.165, 1.54) is 0 Å². The lowest BCUT2D eigenvalue weighted by Crippen LogP contribution is -2.49. The zero-order chi connectivity index (χ0) is 26.9. The summed E-state index contributed by atoms with van der Waals surface area (Å²) < 4.78 is 58.5. The molecule has 2 saturated heterocycles. The molecule has 2 aliphatic heterocycles. The van der Waals surface area contributed by atoms with Crippen molar-refractivity contribution in [1.29, 1.82) is 0 Å². The maximum absolute atomic E-state index is 14.3. The Balaban J connectivity index is 1.17. The maximum Gasteiger partial charge on any atom is 0.324 e. The quantitative estimate of drug-likeness (QED) is 0.434. The monoisotopic (exact) mass is 533 g/mol. The lowest BCUT2D eigenvalue weighted by molar-refractivity contribution is -0.0609. The first-order chi connectivity index (χ1) is 18.3. The van der Waals surface area contributed by atoms with Crippen molar-refractivity contribution in [1.82, 2.24) is 20.1 Å². The van der Waals surface area contributed by atoms with Crippen LogP contribution in [0.3, 0.4) is 0 Å². The fourth-order valence-electron chi connectivity index (χ4n) is 4.94. The zero-order valence-electron chi connectivity index (χ0n) is 21.2. The van der Waals surface area contributed by atoms with E-state index in [0.29, 0.717) is 75.1 Å². The molecule has 2 N–H and O–H groups in total. The number of halogens is 3. The molecule has 0 saturated carbocycles. The van der Waals surface area contributed by atoms with Gasteiger partial charge in [-0.15, -0.1) is 0 Å². The smallest absolute Gasteiger partial charge is 0.324 e. The van der Waals surface area contributed by atoms with E-state index >= 15 is 0 Å². The van der Waals surface area contributed by atoms with Crippen LogP contribution in [0, 0.1) is 17.5 Å². The van der Waals surface area contributed by atoms with Crippen molar-refractivity contribution in [2.24, 2.45) is 5.73 Å². The van der Waals surface area contributed by atoms with E-state index in [0.717, 1.165) is 6.07 Å². The van der Waals surface area contributed by atoms with E-state index in [1.807, 2.05) is 11.8 Å². The lowest BCUT2D eigenvalue weighted by atomic mass is 9.92. The SMILES string of the molecule is CCc1noc(N2CCC(COc3cnc(N4CC(N)[C@@H](c5cc(F)c(F)cc5F)C4)nc3)(OC)CC2)n1. The van der Waals surface area contributed by atoms with Gasteiger partial charge in [-0.05, 0) is 24.5 Å². The molecule has 2 aromatic heterocycles. The van der Waals surface area contributed by atoms with Gasteiger partial charge in [-0.2, -0.15) is 4.98 Å².